The SMILES string of the molecule is CCOc1nc(N)nc2c1ncn2[C@@H]1O[C@@H]2COP(=O)(N[C@@H](C)C(=O)OC(C)C)O[C@H]2[C@@]1(C)F. The largest absolute Gasteiger partial charge is 0.476 e. The number of nitrogen functional groups attached to an aromatic ring is 1. The number of aromatic nitrogens is 4. The van der Waals surface area contributed by atoms with E-state index >= 15 is 4.39 Å². The van der Waals surface area contributed by atoms with Gasteiger partial charge in [0.05, 0.1) is 25.6 Å². The van der Waals surface area contributed by atoms with Gasteiger partial charge in [-0.3, -0.25) is 18.4 Å². The molecule has 2 saturated heterocycles. The number of hydrogen-bond acceptors (Lipinski definition) is 11. The van der Waals surface area contributed by atoms with Crippen molar-refractivity contribution in [3.05, 3.63) is 6.33 Å². The van der Waals surface area contributed by atoms with Crippen molar-refractivity contribution in [2.75, 3.05) is 18.9 Å². The van der Waals surface area contributed by atoms with Crippen molar-refractivity contribution >= 4 is 30.8 Å². The number of esters is 1. The molecule has 6 atom stereocenters. The fourth-order valence-corrected chi connectivity index (χ4v) is 5.63. The van der Waals surface area contributed by atoms with Crippen LogP contribution in [0, 0.1) is 0 Å². The zero-order chi connectivity index (χ0) is 24.8. The van der Waals surface area contributed by atoms with Gasteiger partial charge in [-0.05, 0) is 34.6 Å². The number of rotatable bonds is 7. The van der Waals surface area contributed by atoms with Crippen LogP contribution in [0.3, 0.4) is 0 Å². The highest BCUT2D eigenvalue weighted by atomic mass is 31.2. The molecule has 0 aromatic carbocycles. The van der Waals surface area contributed by atoms with Gasteiger partial charge in [-0.2, -0.15) is 9.97 Å². The maximum atomic E-state index is 16.2. The van der Waals surface area contributed by atoms with Crippen LogP contribution >= 0.6 is 7.75 Å². The van der Waals surface area contributed by atoms with Gasteiger partial charge in [0.1, 0.15) is 18.2 Å². The Morgan fingerprint density at radius 1 is 1.44 bits per heavy atom. The smallest absolute Gasteiger partial charge is 0.406 e. The van der Waals surface area contributed by atoms with Crippen LogP contribution < -0.4 is 15.6 Å². The van der Waals surface area contributed by atoms with Crippen molar-refractivity contribution in [1.82, 2.24) is 24.6 Å². The van der Waals surface area contributed by atoms with E-state index in [-0.39, 0.29) is 35.7 Å². The highest BCUT2D eigenvalue weighted by Crippen LogP contribution is 2.57. The molecule has 0 amide bonds. The van der Waals surface area contributed by atoms with Crippen LogP contribution in [-0.2, 0) is 27.9 Å². The Balaban J connectivity index is 1.58. The van der Waals surface area contributed by atoms with Crippen molar-refractivity contribution in [1.29, 1.82) is 0 Å². The molecule has 34 heavy (non-hydrogen) atoms. The third kappa shape index (κ3) is 4.48. The van der Waals surface area contributed by atoms with Crippen LogP contribution in [0.2, 0.25) is 0 Å². The van der Waals surface area contributed by atoms with E-state index in [9.17, 15) is 9.36 Å². The molecular weight excluding hydrogens is 474 g/mol. The zero-order valence-electron chi connectivity index (χ0n) is 19.4. The number of anilines is 1. The summed E-state index contributed by atoms with van der Waals surface area (Å²) in [6, 6.07) is -1.01. The summed E-state index contributed by atoms with van der Waals surface area (Å²) in [7, 11) is -4.05. The van der Waals surface area contributed by atoms with E-state index in [1.165, 1.54) is 24.7 Å². The van der Waals surface area contributed by atoms with Gasteiger partial charge in [-0.25, -0.2) is 19.0 Å². The lowest BCUT2D eigenvalue weighted by Gasteiger charge is -2.35. The van der Waals surface area contributed by atoms with Gasteiger partial charge in [-0.15, -0.1) is 0 Å². The molecule has 2 aromatic heterocycles. The van der Waals surface area contributed by atoms with Crippen LogP contribution in [0.4, 0.5) is 10.3 Å². The minimum absolute atomic E-state index is 0.0794. The normalized spacial score (nSPS) is 32.0. The number of nitrogens with one attached hydrogen (secondary N) is 1. The molecule has 15 heteroatoms. The van der Waals surface area contributed by atoms with E-state index in [1.807, 2.05) is 0 Å². The molecule has 2 fully saturated rings. The number of imidazole rings is 1. The molecule has 0 radical (unpaired) electrons. The van der Waals surface area contributed by atoms with Gasteiger partial charge in [0.25, 0.3) is 0 Å². The molecule has 2 aliphatic heterocycles. The molecule has 4 rings (SSSR count). The summed E-state index contributed by atoms with van der Waals surface area (Å²) in [6.07, 6.45) is -2.44. The first-order valence-electron chi connectivity index (χ1n) is 10.8. The molecule has 0 bridgehead atoms. The van der Waals surface area contributed by atoms with Gasteiger partial charge in [0.15, 0.2) is 23.1 Å². The molecule has 13 nitrogen and oxygen atoms in total. The number of fused-ring (bicyclic) bond motifs is 2. The van der Waals surface area contributed by atoms with Crippen LogP contribution in [0.5, 0.6) is 5.88 Å². The summed E-state index contributed by atoms with van der Waals surface area (Å²) in [4.78, 5) is 24.5. The van der Waals surface area contributed by atoms with E-state index in [4.69, 9.17) is 29.0 Å². The maximum Gasteiger partial charge on any atom is 0.406 e. The number of carbonyl (C=O) groups excluding carboxylic acids is 1. The molecule has 0 spiro atoms. The quantitative estimate of drug-likeness (QED) is 0.418. The van der Waals surface area contributed by atoms with Gasteiger partial charge in [-0.1, -0.05) is 0 Å². The number of ether oxygens (including phenoxy) is 3. The van der Waals surface area contributed by atoms with Crippen LogP contribution in [0.25, 0.3) is 11.2 Å². The molecule has 0 saturated carbocycles. The van der Waals surface area contributed by atoms with Gasteiger partial charge < -0.3 is 19.9 Å². The number of alkyl halides is 1. The summed E-state index contributed by atoms with van der Waals surface area (Å²) in [6.45, 7) is 7.94. The Morgan fingerprint density at radius 3 is 2.85 bits per heavy atom. The van der Waals surface area contributed by atoms with Gasteiger partial charge in [0, 0.05) is 0 Å². The van der Waals surface area contributed by atoms with E-state index in [2.05, 4.69) is 20.0 Å². The predicted octanol–water partition coefficient (Wildman–Crippen LogP) is 1.89. The predicted molar refractivity (Wildman–Crippen MR) is 117 cm³/mol. The topological polar surface area (TPSA) is 162 Å². The molecule has 1 unspecified atom stereocenters. The lowest BCUT2D eigenvalue weighted by molar-refractivity contribution is -0.149. The first-order chi connectivity index (χ1) is 15.9. The van der Waals surface area contributed by atoms with Crippen LogP contribution in [-0.4, -0.2) is 68.7 Å². The molecular formula is C19H28FN6O7P. The van der Waals surface area contributed by atoms with E-state index < -0.39 is 43.9 Å². The number of nitrogens with zero attached hydrogens (tertiary/aromatic N) is 4. The van der Waals surface area contributed by atoms with E-state index in [1.54, 1.807) is 20.8 Å². The lowest BCUT2D eigenvalue weighted by Crippen LogP contribution is -2.47. The molecule has 2 aliphatic rings. The standard InChI is InChI=1S/C19H28FN6O7P/c1-6-29-15-12-14(23-18(21)24-15)26(8-22-12)17-19(5,20)13-11(32-17)7-30-34(28,33-13)25-10(4)16(27)31-9(2)3/h8-11,13,17H,6-7H2,1-5H3,(H,25,28)(H2,21,23,24)/t10-,11+,13+,17+,19+,34?/m0/s1. The van der Waals surface area contributed by atoms with Crippen molar-refractivity contribution in [2.45, 2.75) is 70.9 Å². The fraction of sp³-hybridized carbons (Fsp3) is 0.684. The Hall–Kier alpha value is -2.38. The summed E-state index contributed by atoms with van der Waals surface area (Å²) >= 11 is 0. The number of nitrogens with two attached hydrogens (primary N) is 1. The molecule has 188 valence electrons. The minimum Gasteiger partial charge on any atom is -0.476 e. The minimum atomic E-state index is -4.05. The first-order valence-corrected chi connectivity index (χ1v) is 12.4. The Bertz CT molecular complexity index is 1130. The summed E-state index contributed by atoms with van der Waals surface area (Å²) in [5.41, 5.74) is 4.10. The summed E-state index contributed by atoms with van der Waals surface area (Å²) in [5, 5.41) is 2.50. The van der Waals surface area contributed by atoms with E-state index in [0.29, 0.717) is 6.61 Å². The van der Waals surface area contributed by atoms with Crippen LogP contribution in [0.1, 0.15) is 40.8 Å². The lowest BCUT2D eigenvalue weighted by atomic mass is 9.98. The van der Waals surface area contributed by atoms with Crippen LogP contribution in [0.15, 0.2) is 6.33 Å². The fourth-order valence-electron chi connectivity index (χ4n) is 3.87. The Labute approximate surface area is 195 Å². The molecule has 0 aliphatic carbocycles. The van der Waals surface area contributed by atoms with Gasteiger partial charge in [0.2, 0.25) is 11.8 Å². The molecule has 2 aromatic rings. The first kappa shape index (κ1) is 24.7. The average molecular weight is 502 g/mol. The third-order valence-electron chi connectivity index (χ3n) is 5.34. The summed E-state index contributed by atoms with van der Waals surface area (Å²) < 4.78 is 58.1. The van der Waals surface area contributed by atoms with Crippen molar-refractivity contribution in [3.8, 4) is 5.88 Å². The zero-order valence-corrected chi connectivity index (χ0v) is 20.3. The second-order valence-corrected chi connectivity index (χ2v) is 10.2. The Morgan fingerprint density at radius 2 is 2.18 bits per heavy atom. The number of carbonyl (C=O) groups is 1. The Kier molecular flexibility index (Phi) is 6.55. The van der Waals surface area contributed by atoms with Crippen molar-refractivity contribution in [3.63, 3.8) is 0 Å². The van der Waals surface area contributed by atoms with Gasteiger partial charge >= 0.3 is 13.7 Å². The third-order valence-corrected chi connectivity index (χ3v) is 7.04. The maximum absolute atomic E-state index is 16.2. The monoisotopic (exact) mass is 502 g/mol. The average Bonchev–Trinajstić information content (AvgIpc) is 3.25. The van der Waals surface area contributed by atoms with Crippen molar-refractivity contribution < 1.29 is 37.0 Å². The molecule has 3 N–H and O–H groups in total. The highest BCUT2D eigenvalue weighted by molar-refractivity contribution is 7.51. The van der Waals surface area contributed by atoms with E-state index in [0.717, 1.165) is 0 Å². The van der Waals surface area contributed by atoms with Crippen molar-refractivity contribution in [2.24, 2.45) is 0 Å². The number of halogens is 1. The molecule has 4 heterocycles. The second-order valence-electron chi connectivity index (χ2n) is 8.48. The second kappa shape index (κ2) is 9.00. The highest BCUT2D eigenvalue weighted by Gasteiger charge is 2.61. The number of hydrogen-bond donors (Lipinski definition) is 2. The summed E-state index contributed by atoms with van der Waals surface area (Å²) in [5.74, 6) is -0.560.